The van der Waals surface area contributed by atoms with Gasteiger partial charge in [-0.2, -0.15) is 5.10 Å². The minimum Gasteiger partial charge on any atom is -0.305 e. The van der Waals surface area contributed by atoms with Crippen molar-refractivity contribution < 1.29 is 0 Å². The van der Waals surface area contributed by atoms with Gasteiger partial charge in [-0.3, -0.25) is 5.10 Å². The summed E-state index contributed by atoms with van der Waals surface area (Å²) in [5.74, 6) is 0.903. The van der Waals surface area contributed by atoms with Gasteiger partial charge < -0.3 is 5.32 Å². The van der Waals surface area contributed by atoms with E-state index in [1.165, 1.54) is 11.3 Å². The molecule has 1 atom stereocenters. The zero-order valence-electron chi connectivity index (χ0n) is 12.1. The Hall–Kier alpha value is -1.79. The summed E-state index contributed by atoms with van der Waals surface area (Å²) in [7, 11) is 0. The normalized spacial score (nSPS) is 22.2. The quantitative estimate of drug-likeness (QED) is 0.763. The topological polar surface area (TPSA) is 66.5 Å². The Bertz CT molecular complexity index is 797. The van der Waals surface area contributed by atoms with Gasteiger partial charge in [-0.15, -0.1) is 11.3 Å². The van der Waals surface area contributed by atoms with E-state index in [1.54, 1.807) is 11.3 Å². The number of thiophene rings is 1. The van der Waals surface area contributed by atoms with Gasteiger partial charge in [-0.25, -0.2) is 9.97 Å². The standard InChI is InChI=1S/C15H17N5S/c1-9-10(7-18-20-9)12-6-11-13(21-12)8-16-14(19-11)15(2)4-3-5-17-15/h6-8,17H,3-5H2,1-2H3,(H,18,20). The van der Waals surface area contributed by atoms with Gasteiger partial charge in [0.15, 0.2) is 0 Å². The zero-order valence-corrected chi connectivity index (χ0v) is 12.9. The molecule has 1 fully saturated rings. The van der Waals surface area contributed by atoms with Crippen molar-refractivity contribution >= 4 is 21.6 Å². The molecule has 1 aliphatic heterocycles. The Kier molecular flexibility index (Phi) is 2.83. The first kappa shape index (κ1) is 12.9. The molecule has 0 saturated carbocycles. The number of aromatic amines is 1. The van der Waals surface area contributed by atoms with Crippen LogP contribution in [0.2, 0.25) is 0 Å². The fourth-order valence-electron chi connectivity index (χ4n) is 2.92. The lowest BCUT2D eigenvalue weighted by Crippen LogP contribution is -2.35. The number of nitrogens with zero attached hydrogens (tertiary/aromatic N) is 3. The third kappa shape index (κ3) is 2.06. The highest BCUT2D eigenvalue weighted by Crippen LogP contribution is 2.35. The Balaban J connectivity index is 1.80. The molecule has 1 unspecified atom stereocenters. The smallest absolute Gasteiger partial charge is 0.148 e. The number of nitrogens with one attached hydrogen (secondary N) is 2. The first-order chi connectivity index (χ1) is 10.2. The molecule has 108 valence electrons. The molecule has 4 heterocycles. The molecule has 0 amide bonds. The second-order valence-electron chi connectivity index (χ2n) is 5.82. The molecule has 0 bridgehead atoms. The monoisotopic (exact) mass is 299 g/mol. The molecule has 1 saturated heterocycles. The Morgan fingerprint density at radius 1 is 1.33 bits per heavy atom. The summed E-state index contributed by atoms with van der Waals surface area (Å²) >= 11 is 1.71. The second kappa shape index (κ2) is 4.61. The van der Waals surface area contributed by atoms with Gasteiger partial charge in [0, 0.05) is 22.3 Å². The molecule has 0 spiro atoms. The van der Waals surface area contributed by atoms with E-state index >= 15 is 0 Å². The molecule has 0 radical (unpaired) electrons. The van der Waals surface area contributed by atoms with Crippen LogP contribution in [0.3, 0.4) is 0 Å². The van der Waals surface area contributed by atoms with E-state index in [2.05, 4.69) is 33.5 Å². The van der Waals surface area contributed by atoms with Crippen molar-refractivity contribution in [2.45, 2.75) is 32.2 Å². The van der Waals surface area contributed by atoms with E-state index < -0.39 is 0 Å². The van der Waals surface area contributed by atoms with Crippen molar-refractivity contribution in [3.63, 3.8) is 0 Å². The molecule has 3 aromatic heterocycles. The molecule has 1 aliphatic rings. The Morgan fingerprint density at radius 2 is 2.24 bits per heavy atom. The highest BCUT2D eigenvalue weighted by molar-refractivity contribution is 7.22. The van der Waals surface area contributed by atoms with Crippen molar-refractivity contribution in [3.05, 3.63) is 30.0 Å². The van der Waals surface area contributed by atoms with E-state index in [1.807, 2.05) is 19.3 Å². The van der Waals surface area contributed by atoms with Gasteiger partial charge in [-0.1, -0.05) is 0 Å². The molecular weight excluding hydrogens is 282 g/mol. The summed E-state index contributed by atoms with van der Waals surface area (Å²) in [6.45, 7) is 5.27. The predicted molar refractivity (Wildman–Crippen MR) is 84.3 cm³/mol. The molecule has 21 heavy (non-hydrogen) atoms. The summed E-state index contributed by atoms with van der Waals surface area (Å²) in [4.78, 5) is 10.6. The molecule has 0 aliphatic carbocycles. The number of rotatable bonds is 2. The fraction of sp³-hybridized carbons (Fsp3) is 0.400. The van der Waals surface area contributed by atoms with Crippen LogP contribution in [-0.2, 0) is 5.54 Å². The fourth-order valence-corrected chi connectivity index (χ4v) is 3.96. The van der Waals surface area contributed by atoms with E-state index in [0.717, 1.165) is 40.3 Å². The van der Waals surface area contributed by atoms with Crippen LogP contribution >= 0.6 is 11.3 Å². The number of fused-ring (bicyclic) bond motifs is 1. The number of aromatic nitrogens is 4. The molecular formula is C15H17N5S. The van der Waals surface area contributed by atoms with Gasteiger partial charge in [0.2, 0.25) is 0 Å². The number of aryl methyl sites for hydroxylation is 1. The highest BCUT2D eigenvalue weighted by atomic mass is 32.1. The molecule has 6 heteroatoms. The number of hydrogen-bond donors (Lipinski definition) is 2. The van der Waals surface area contributed by atoms with Crippen LogP contribution in [0.1, 0.15) is 31.3 Å². The second-order valence-corrected chi connectivity index (χ2v) is 6.91. The van der Waals surface area contributed by atoms with E-state index in [-0.39, 0.29) is 5.54 Å². The van der Waals surface area contributed by atoms with Gasteiger partial charge in [0.05, 0.1) is 22.0 Å². The van der Waals surface area contributed by atoms with E-state index in [0.29, 0.717) is 0 Å². The lowest BCUT2D eigenvalue weighted by atomic mass is 9.99. The summed E-state index contributed by atoms with van der Waals surface area (Å²) in [5.41, 5.74) is 3.17. The van der Waals surface area contributed by atoms with Crippen LogP contribution in [0.15, 0.2) is 18.5 Å². The SMILES string of the molecule is Cc1[nH]ncc1-c1cc2nc(C3(C)CCCN3)ncc2s1. The van der Waals surface area contributed by atoms with Gasteiger partial charge in [-0.05, 0) is 39.3 Å². The maximum Gasteiger partial charge on any atom is 0.148 e. The van der Waals surface area contributed by atoms with Crippen LogP contribution < -0.4 is 5.32 Å². The van der Waals surface area contributed by atoms with Crippen LogP contribution in [0.25, 0.3) is 20.7 Å². The third-order valence-electron chi connectivity index (χ3n) is 4.23. The molecule has 0 aromatic carbocycles. The van der Waals surface area contributed by atoms with Crippen LogP contribution in [-0.4, -0.2) is 26.7 Å². The van der Waals surface area contributed by atoms with Crippen molar-refractivity contribution in [1.82, 2.24) is 25.5 Å². The van der Waals surface area contributed by atoms with E-state index in [9.17, 15) is 0 Å². The van der Waals surface area contributed by atoms with Gasteiger partial charge >= 0.3 is 0 Å². The molecule has 3 aromatic rings. The Morgan fingerprint density at radius 3 is 2.95 bits per heavy atom. The molecule has 4 rings (SSSR count). The summed E-state index contributed by atoms with van der Waals surface area (Å²) in [6.07, 6.45) is 6.10. The predicted octanol–water partition coefficient (Wildman–Crippen LogP) is 2.99. The summed E-state index contributed by atoms with van der Waals surface area (Å²) in [6, 6.07) is 2.14. The van der Waals surface area contributed by atoms with Crippen molar-refractivity contribution in [2.24, 2.45) is 0 Å². The maximum atomic E-state index is 4.80. The lowest BCUT2D eigenvalue weighted by Gasteiger charge is -2.22. The lowest BCUT2D eigenvalue weighted by molar-refractivity contribution is 0.408. The number of hydrogen-bond acceptors (Lipinski definition) is 5. The van der Waals surface area contributed by atoms with Gasteiger partial charge in [0.1, 0.15) is 5.82 Å². The zero-order chi connectivity index (χ0) is 14.4. The largest absolute Gasteiger partial charge is 0.305 e. The summed E-state index contributed by atoms with van der Waals surface area (Å²) < 4.78 is 1.12. The highest BCUT2D eigenvalue weighted by Gasteiger charge is 2.33. The van der Waals surface area contributed by atoms with E-state index in [4.69, 9.17) is 4.98 Å². The van der Waals surface area contributed by atoms with Crippen molar-refractivity contribution in [2.75, 3.05) is 6.54 Å². The van der Waals surface area contributed by atoms with Crippen LogP contribution in [0, 0.1) is 6.92 Å². The average Bonchev–Trinajstić information content (AvgIpc) is 3.17. The number of H-pyrrole nitrogens is 1. The first-order valence-corrected chi connectivity index (χ1v) is 8.00. The third-order valence-corrected chi connectivity index (χ3v) is 5.32. The van der Waals surface area contributed by atoms with Crippen LogP contribution in [0.5, 0.6) is 0 Å². The minimum absolute atomic E-state index is 0.0815. The molecule has 2 N–H and O–H groups in total. The molecule has 5 nitrogen and oxygen atoms in total. The average molecular weight is 299 g/mol. The van der Waals surface area contributed by atoms with Crippen LogP contribution in [0.4, 0.5) is 0 Å². The first-order valence-electron chi connectivity index (χ1n) is 7.18. The summed E-state index contributed by atoms with van der Waals surface area (Å²) in [5, 5.41) is 10.6. The maximum absolute atomic E-state index is 4.80. The van der Waals surface area contributed by atoms with Crippen molar-refractivity contribution in [1.29, 1.82) is 0 Å². The van der Waals surface area contributed by atoms with Crippen molar-refractivity contribution in [3.8, 4) is 10.4 Å². The van der Waals surface area contributed by atoms with Gasteiger partial charge in [0.25, 0.3) is 0 Å². The Labute approximate surface area is 126 Å². The minimum atomic E-state index is -0.0815.